The number of morpholine rings is 1. The highest BCUT2D eigenvalue weighted by Crippen LogP contribution is 2.18. The van der Waals surface area contributed by atoms with Gasteiger partial charge in [0.2, 0.25) is 11.0 Å². The van der Waals surface area contributed by atoms with Crippen molar-refractivity contribution in [2.75, 3.05) is 32.1 Å². The van der Waals surface area contributed by atoms with E-state index >= 15 is 0 Å². The summed E-state index contributed by atoms with van der Waals surface area (Å²) in [6.07, 6.45) is 0. The predicted molar refractivity (Wildman–Crippen MR) is 63.7 cm³/mol. The van der Waals surface area contributed by atoms with Crippen LogP contribution in [0.4, 0.5) is 5.13 Å². The van der Waals surface area contributed by atoms with Crippen LogP contribution in [0.3, 0.4) is 0 Å². The van der Waals surface area contributed by atoms with Crippen molar-refractivity contribution in [3.63, 3.8) is 0 Å². The number of nitrogens with two attached hydrogens (primary N) is 1. The van der Waals surface area contributed by atoms with Crippen LogP contribution in [0.15, 0.2) is 0 Å². The maximum absolute atomic E-state index is 11.3. The number of ether oxygens (including phenoxy) is 1. The van der Waals surface area contributed by atoms with Gasteiger partial charge in [0.15, 0.2) is 0 Å². The minimum Gasteiger partial charge on any atom is -0.378 e. The van der Waals surface area contributed by atoms with Gasteiger partial charge in [-0.2, -0.15) is 0 Å². The van der Waals surface area contributed by atoms with Crippen LogP contribution in [0.1, 0.15) is 5.01 Å². The van der Waals surface area contributed by atoms with Gasteiger partial charge in [-0.3, -0.25) is 9.69 Å². The fraction of sp³-hybridized carbons (Fsp3) is 0.667. The standard InChI is InChI=1S/C9H15N5O2S/c1-11-9-13-12-7(17-9)4-14-2-3-16-5-6(14)8(10)15/h6H,2-5H2,1H3,(H2,10,15)(H,11,13). The van der Waals surface area contributed by atoms with E-state index in [1.807, 2.05) is 4.90 Å². The average Bonchev–Trinajstić information content (AvgIpc) is 2.77. The summed E-state index contributed by atoms with van der Waals surface area (Å²) in [5.41, 5.74) is 5.34. The van der Waals surface area contributed by atoms with E-state index in [1.165, 1.54) is 11.3 Å². The van der Waals surface area contributed by atoms with Gasteiger partial charge < -0.3 is 15.8 Å². The van der Waals surface area contributed by atoms with Gasteiger partial charge in [0.05, 0.1) is 19.8 Å². The lowest BCUT2D eigenvalue weighted by atomic mass is 10.2. The molecular formula is C9H15N5O2S. The summed E-state index contributed by atoms with van der Waals surface area (Å²) in [7, 11) is 1.80. The number of hydrogen-bond donors (Lipinski definition) is 2. The highest BCUT2D eigenvalue weighted by atomic mass is 32.1. The van der Waals surface area contributed by atoms with E-state index in [0.717, 1.165) is 10.1 Å². The van der Waals surface area contributed by atoms with Crippen molar-refractivity contribution in [2.45, 2.75) is 12.6 Å². The first-order chi connectivity index (χ1) is 8.20. The third-order valence-corrected chi connectivity index (χ3v) is 3.51. The average molecular weight is 257 g/mol. The van der Waals surface area contributed by atoms with E-state index in [0.29, 0.717) is 26.3 Å². The molecule has 1 atom stereocenters. The third-order valence-electron chi connectivity index (χ3n) is 2.59. The van der Waals surface area contributed by atoms with Crippen molar-refractivity contribution in [3.05, 3.63) is 5.01 Å². The van der Waals surface area contributed by atoms with Gasteiger partial charge in [-0.05, 0) is 0 Å². The second-order valence-electron chi connectivity index (χ2n) is 3.71. The first-order valence-electron chi connectivity index (χ1n) is 5.32. The molecule has 2 rings (SSSR count). The first-order valence-corrected chi connectivity index (χ1v) is 6.13. The molecular weight excluding hydrogens is 242 g/mol. The third kappa shape index (κ3) is 2.90. The van der Waals surface area contributed by atoms with Crippen molar-refractivity contribution in [1.82, 2.24) is 15.1 Å². The molecule has 0 bridgehead atoms. The Morgan fingerprint density at radius 3 is 3.18 bits per heavy atom. The van der Waals surface area contributed by atoms with Crippen LogP contribution in [0.2, 0.25) is 0 Å². The quantitative estimate of drug-likeness (QED) is 0.738. The number of nitrogens with one attached hydrogen (secondary N) is 1. The monoisotopic (exact) mass is 257 g/mol. The number of anilines is 1. The molecule has 2 heterocycles. The Balaban J connectivity index is 2.02. The molecule has 0 aromatic carbocycles. The number of nitrogens with zero attached hydrogens (tertiary/aromatic N) is 3. The SMILES string of the molecule is CNc1nnc(CN2CCOCC2C(N)=O)s1. The summed E-state index contributed by atoms with van der Waals surface area (Å²) in [6, 6.07) is -0.370. The van der Waals surface area contributed by atoms with Gasteiger partial charge >= 0.3 is 0 Å². The Labute approximate surface area is 103 Å². The van der Waals surface area contributed by atoms with Crippen LogP contribution in [-0.2, 0) is 16.1 Å². The summed E-state index contributed by atoms with van der Waals surface area (Å²) in [5.74, 6) is -0.358. The summed E-state index contributed by atoms with van der Waals surface area (Å²) in [6.45, 7) is 2.23. The molecule has 1 fully saturated rings. The molecule has 8 heteroatoms. The Morgan fingerprint density at radius 1 is 1.71 bits per heavy atom. The molecule has 1 aromatic rings. The predicted octanol–water partition coefficient (Wildman–Crippen LogP) is -0.734. The fourth-order valence-corrected chi connectivity index (χ4v) is 2.40. The zero-order valence-electron chi connectivity index (χ0n) is 9.55. The highest BCUT2D eigenvalue weighted by Gasteiger charge is 2.28. The first kappa shape index (κ1) is 12.2. The normalized spacial score (nSPS) is 21.4. The van der Waals surface area contributed by atoms with Crippen LogP contribution in [0.25, 0.3) is 0 Å². The maximum atomic E-state index is 11.3. The number of hydrogen-bond acceptors (Lipinski definition) is 7. The lowest BCUT2D eigenvalue weighted by molar-refractivity contribution is -0.129. The van der Waals surface area contributed by atoms with Crippen LogP contribution in [-0.4, -0.2) is 53.9 Å². The largest absolute Gasteiger partial charge is 0.378 e. The molecule has 0 spiro atoms. The number of rotatable bonds is 4. The Bertz CT molecular complexity index is 396. The molecule has 1 amide bonds. The van der Waals surface area contributed by atoms with Crippen molar-refractivity contribution in [2.24, 2.45) is 5.73 Å². The van der Waals surface area contributed by atoms with Gasteiger partial charge in [0.1, 0.15) is 11.0 Å². The van der Waals surface area contributed by atoms with Crippen LogP contribution >= 0.6 is 11.3 Å². The van der Waals surface area contributed by atoms with Gasteiger partial charge in [-0.1, -0.05) is 11.3 Å². The maximum Gasteiger partial charge on any atom is 0.237 e. The van der Waals surface area contributed by atoms with Crippen LogP contribution in [0, 0.1) is 0 Å². The molecule has 0 saturated carbocycles. The van der Waals surface area contributed by atoms with E-state index in [1.54, 1.807) is 7.05 Å². The van der Waals surface area contributed by atoms with Gasteiger partial charge in [-0.15, -0.1) is 10.2 Å². The molecule has 3 N–H and O–H groups in total. The molecule has 7 nitrogen and oxygen atoms in total. The number of carbonyl (C=O) groups excluding carboxylic acids is 1. The summed E-state index contributed by atoms with van der Waals surface area (Å²) >= 11 is 1.47. The van der Waals surface area contributed by atoms with Gasteiger partial charge in [0, 0.05) is 13.6 Å². The number of carbonyl (C=O) groups is 1. The molecule has 1 unspecified atom stereocenters. The molecule has 1 saturated heterocycles. The molecule has 17 heavy (non-hydrogen) atoms. The molecule has 0 aliphatic carbocycles. The van der Waals surface area contributed by atoms with Crippen molar-refractivity contribution >= 4 is 22.4 Å². The van der Waals surface area contributed by atoms with Crippen molar-refractivity contribution in [1.29, 1.82) is 0 Å². The molecule has 0 radical (unpaired) electrons. The lowest BCUT2D eigenvalue weighted by Crippen LogP contribution is -2.51. The van der Waals surface area contributed by atoms with E-state index < -0.39 is 0 Å². The topological polar surface area (TPSA) is 93.4 Å². The second kappa shape index (κ2) is 5.39. The van der Waals surface area contributed by atoms with Crippen molar-refractivity contribution < 1.29 is 9.53 Å². The summed E-state index contributed by atoms with van der Waals surface area (Å²) < 4.78 is 5.25. The van der Waals surface area contributed by atoms with E-state index in [9.17, 15) is 4.79 Å². The van der Waals surface area contributed by atoms with Crippen molar-refractivity contribution in [3.8, 4) is 0 Å². The number of primary amides is 1. The molecule has 1 aromatic heterocycles. The molecule has 94 valence electrons. The smallest absolute Gasteiger partial charge is 0.237 e. The fourth-order valence-electron chi connectivity index (χ4n) is 1.68. The van der Waals surface area contributed by atoms with Crippen LogP contribution in [0.5, 0.6) is 0 Å². The van der Waals surface area contributed by atoms with Crippen LogP contribution < -0.4 is 11.1 Å². The molecule has 1 aliphatic rings. The summed E-state index contributed by atoms with van der Waals surface area (Å²) in [5, 5.41) is 12.6. The number of amides is 1. The second-order valence-corrected chi connectivity index (χ2v) is 4.78. The molecule has 1 aliphatic heterocycles. The van der Waals surface area contributed by atoms with E-state index in [-0.39, 0.29) is 11.9 Å². The van der Waals surface area contributed by atoms with E-state index in [4.69, 9.17) is 10.5 Å². The minimum absolute atomic E-state index is 0.354. The lowest BCUT2D eigenvalue weighted by Gasteiger charge is -2.32. The van der Waals surface area contributed by atoms with Gasteiger partial charge in [0.25, 0.3) is 0 Å². The van der Waals surface area contributed by atoms with E-state index in [2.05, 4.69) is 15.5 Å². The Hall–Kier alpha value is -1.25. The highest BCUT2D eigenvalue weighted by molar-refractivity contribution is 7.15. The number of aromatic nitrogens is 2. The Kier molecular flexibility index (Phi) is 3.87. The zero-order valence-corrected chi connectivity index (χ0v) is 10.4. The van der Waals surface area contributed by atoms with Gasteiger partial charge in [-0.25, -0.2) is 0 Å². The summed E-state index contributed by atoms with van der Waals surface area (Å²) in [4.78, 5) is 13.2. The zero-order chi connectivity index (χ0) is 12.3. The minimum atomic E-state index is -0.370. The Morgan fingerprint density at radius 2 is 2.53 bits per heavy atom.